The van der Waals surface area contributed by atoms with Crippen molar-refractivity contribution in [2.24, 2.45) is 0 Å². The average Bonchev–Trinajstić information content (AvgIpc) is 2.46. The Morgan fingerprint density at radius 2 is 1.90 bits per heavy atom. The number of amides is 1. The Hall–Kier alpha value is -2.57. The molecule has 0 heterocycles. The van der Waals surface area contributed by atoms with Crippen molar-refractivity contribution in [1.82, 2.24) is 0 Å². The Labute approximate surface area is 124 Å². The number of aliphatic hydroxyl groups is 1. The van der Waals surface area contributed by atoms with Gasteiger partial charge in [0.05, 0.1) is 5.56 Å². The van der Waals surface area contributed by atoms with Gasteiger partial charge < -0.3 is 10.4 Å². The topological polar surface area (TPSA) is 49.3 Å². The number of anilines is 1. The fourth-order valence-electron chi connectivity index (χ4n) is 2.01. The van der Waals surface area contributed by atoms with Gasteiger partial charge in [0.15, 0.2) is 0 Å². The minimum absolute atomic E-state index is 0.202. The summed E-state index contributed by atoms with van der Waals surface area (Å²) in [6, 6.07) is 13.1. The SMILES string of the molecule is Cc1cccc(NC(=O)c2cc(C)ccc2C#CCO)c1. The van der Waals surface area contributed by atoms with E-state index in [1.807, 2.05) is 44.2 Å². The summed E-state index contributed by atoms with van der Waals surface area (Å²) < 4.78 is 0. The first kappa shape index (κ1) is 14.8. The van der Waals surface area contributed by atoms with Crippen LogP contribution in [0.2, 0.25) is 0 Å². The van der Waals surface area contributed by atoms with Crippen molar-refractivity contribution in [3.63, 3.8) is 0 Å². The van der Waals surface area contributed by atoms with Crippen LogP contribution in [-0.4, -0.2) is 17.6 Å². The second-order valence-electron chi connectivity index (χ2n) is 4.83. The van der Waals surface area contributed by atoms with E-state index in [0.717, 1.165) is 16.8 Å². The third kappa shape index (κ3) is 3.95. The van der Waals surface area contributed by atoms with Crippen LogP contribution < -0.4 is 5.32 Å². The van der Waals surface area contributed by atoms with Crippen LogP contribution >= 0.6 is 0 Å². The molecule has 0 atom stereocenters. The highest BCUT2D eigenvalue weighted by atomic mass is 16.2. The molecule has 2 aromatic carbocycles. The van der Waals surface area contributed by atoms with E-state index in [0.29, 0.717) is 11.1 Å². The van der Waals surface area contributed by atoms with Gasteiger partial charge in [-0.05, 0) is 43.7 Å². The lowest BCUT2D eigenvalue weighted by atomic mass is 10.0. The summed E-state index contributed by atoms with van der Waals surface area (Å²) in [7, 11) is 0. The molecule has 2 N–H and O–H groups in total. The van der Waals surface area contributed by atoms with Crippen molar-refractivity contribution in [3.05, 3.63) is 64.7 Å². The van der Waals surface area contributed by atoms with Crippen LogP contribution in [0.3, 0.4) is 0 Å². The van der Waals surface area contributed by atoms with E-state index in [1.165, 1.54) is 0 Å². The van der Waals surface area contributed by atoms with Gasteiger partial charge in [-0.15, -0.1) is 0 Å². The second kappa shape index (κ2) is 6.74. The monoisotopic (exact) mass is 279 g/mol. The van der Waals surface area contributed by atoms with Gasteiger partial charge >= 0.3 is 0 Å². The average molecular weight is 279 g/mol. The molecule has 0 radical (unpaired) electrons. The molecule has 3 heteroatoms. The zero-order valence-electron chi connectivity index (χ0n) is 12.1. The lowest BCUT2D eigenvalue weighted by molar-refractivity contribution is 0.102. The van der Waals surface area contributed by atoms with E-state index in [4.69, 9.17) is 5.11 Å². The van der Waals surface area contributed by atoms with Gasteiger partial charge in [-0.25, -0.2) is 0 Å². The summed E-state index contributed by atoms with van der Waals surface area (Å²) in [6.07, 6.45) is 0. The number of aryl methyl sites for hydroxylation is 2. The molecule has 0 aliphatic carbocycles. The normalized spacial score (nSPS) is 9.67. The molecule has 0 bridgehead atoms. The zero-order valence-corrected chi connectivity index (χ0v) is 12.1. The van der Waals surface area contributed by atoms with Gasteiger partial charge in [0, 0.05) is 11.3 Å². The maximum Gasteiger partial charge on any atom is 0.256 e. The molecular weight excluding hydrogens is 262 g/mol. The minimum Gasteiger partial charge on any atom is -0.384 e. The van der Waals surface area contributed by atoms with E-state index >= 15 is 0 Å². The lowest BCUT2D eigenvalue weighted by Gasteiger charge is -2.08. The fraction of sp³-hybridized carbons (Fsp3) is 0.167. The molecular formula is C18H17NO2. The molecule has 0 aliphatic rings. The predicted octanol–water partition coefficient (Wildman–Crippen LogP) is 2.90. The molecule has 106 valence electrons. The van der Waals surface area contributed by atoms with Crippen LogP contribution in [0.4, 0.5) is 5.69 Å². The van der Waals surface area contributed by atoms with E-state index in [1.54, 1.807) is 12.1 Å². The van der Waals surface area contributed by atoms with E-state index in [2.05, 4.69) is 17.2 Å². The summed E-state index contributed by atoms with van der Waals surface area (Å²) in [6.45, 7) is 3.67. The quantitative estimate of drug-likeness (QED) is 0.830. The molecule has 0 saturated heterocycles. The molecule has 2 aromatic rings. The number of benzene rings is 2. The highest BCUT2D eigenvalue weighted by molar-refractivity contribution is 6.06. The number of carbonyl (C=O) groups is 1. The zero-order chi connectivity index (χ0) is 15.2. The highest BCUT2D eigenvalue weighted by Crippen LogP contribution is 2.15. The molecule has 0 spiro atoms. The standard InChI is InChI=1S/C18H17NO2/c1-13-5-3-7-16(11-13)19-18(21)17-12-14(2)8-9-15(17)6-4-10-20/h3,5,7-9,11-12,20H,10H2,1-2H3,(H,19,21). The molecule has 0 unspecified atom stereocenters. The summed E-state index contributed by atoms with van der Waals surface area (Å²) in [5, 5.41) is 11.7. The van der Waals surface area contributed by atoms with Gasteiger partial charge in [0.25, 0.3) is 5.91 Å². The Kier molecular flexibility index (Phi) is 4.76. The third-order valence-corrected chi connectivity index (χ3v) is 3.00. The first-order valence-electron chi connectivity index (χ1n) is 6.68. The molecule has 0 saturated carbocycles. The van der Waals surface area contributed by atoms with Crippen LogP contribution in [0.25, 0.3) is 0 Å². The molecule has 2 rings (SSSR count). The maximum atomic E-state index is 12.4. The van der Waals surface area contributed by atoms with E-state index in [9.17, 15) is 4.79 Å². The molecule has 0 aromatic heterocycles. The molecule has 0 aliphatic heterocycles. The lowest BCUT2D eigenvalue weighted by Crippen LogP contribution is -2.14. The molecule has 21 heavy (non-hydrogen) atoms. The van der Waals surface area contributed by atoms with Crippen LogP contribution in [0.5, 0.6) is 0 Å². The van der Waals surface area contributed by atoms with Crippen molar-refractivity contribution in [2.45, 2.75) is 13.8 Å². The largest absolute Gasteiger partial charge is 0.384 e. The number of hydrogen-bond donors (Lipinski definition) is 2. The van der Waals surface area contributed by atoms with Crippen molar-refractivity contribution in [3.8, 4) is 11.8 Å². The van der Waals surface area contributed by atoms with Crippen molar-refractivity contribution in [1.29, 1.82) is 0 Å². The van der Waals surface area contributed by atoms with Crippen molar-refractivity contribution >= 4 is 11.6 Å². The predicted molar refractivity (Wildman–Crippen MR) is 84.3 cm³/mol. The van der Waals surface area contributed by atoms with Crippen LogP contribution in [0.1, 0.15) is 27.0 Å². The van der Waals surface area contributed by atoms with Gasteiger partial charge in [0.2, 0.25) is 0 Å². The van der Waals surface area contributed by atoms with Gasteiger partial charge in [-0.1, -0.05) is 35.6 Å². The Morgan fingerprint density at radius 1 is 1.14 bits per heavy atom. The highest BCUT2D eigenvalue weighted by Gasteiger charge is 2.11. The Morgan fingerprint density at radius 3 is 2.62 bits per heavy atom. The summed E-state index contributed by atoms with van der Waals surface area (Å²) >= 11 is 0. The second-order valence-corrected chi connectivity index (χ2v) is 4.83. The number of rotatable bonds is 2. The Balaban J connectivity index is 2.32. The summed E-state index contributed by atoms with van der Waals surface area (Å²) in [4.78, 5) is 12.4. The smallest absolute Gasteiger partial charge is 0.256 e. The van der Waals surface area contributed by atoms with Crippen molar-refractivity contribution < 1.29 is 9.90 Å². The third-order valence-electron chi connectivity index (χ3n) is 3.00. The molecule has 0 fully saturated rings. The summed E-state index contributed by atoms with van der Waals surface area (Å²) in [5.74, 6) is 5.18. The first-order chi connectivity index (χ1) is 10.1. The van der Waals surface area contributed by atoms with Gasteiger partial charge in [-0.3, -0.25) is 4.79 Å². The number of hydrogen-bond acceptors (Lipinski definition) is 2. The Bertz CT molecular complexity index is 723. The minimum atomic E-state index is -0.229. The van der Waals surface area contributed by atoms with E-state index < -0.39 is 0 Å². The van der Waals surface area contributed by atoms with Gasteiger partial charge in [-0.2, -0.15) is 0 Å². The number of carbonyl (C=O) groups excluding carboxylic acids is 1. The van der Waals surface area contributed by atoms with Crippen LogP contribution in [0.15, 0.2) is 42.5 Å². The van der Waals surface area contributed by atoms with Crippen LogP contribution in [-0.2, 0) is 0 Å². The van der Waals surface area contributed by atoms with E-state index in [-0.39, 0.29) is 12.5 Å². The molecule has 3 nitrogen and oxygen atoms in total. The molecule has 1 amide bonds. The number of nitrogens with one attached hydrogen (secondary N) is 1. The maximum absolute atomic E-state index is 12.4. The summed E-state index contributed by atoms with van der Waals surface area (Å²) in [5.41, 5.74) is 3.94. The first-order valence-corrected chi connectivity index (χ1v) is 6.68. The van der Waals surface area contributed by atoms with Crippen LogP contribution in [0, 0.1) is 25.7 Å². The van der Waals surface area contributed by atoms with Gasteiger partial charge in [0.1, 0.15) is 6.61 Å². The van der Waals surface area contributed by atoms with Crippen molar-refractivity contribution in [2.75, 3.05) is 11.9 Å². The fourth-order valence-corrected chi connectivity index (χ4v) is 2.01. The number of aliphatic hydroxyl groups excluding tert-OH is 1.